The van der Waals surface area contributed by atoms with Gasteiger partial charge < -0.3 is 42.9 Å². The molecule has 31 heteroatoms. The SMILES string of the molecule is CC1(C)C(/C=C/C=C/C=C/C=C2/N(CCCCS(=O)(=O)[O-])c3ccc4ccccc4c3C2(C)C)=[N+](CCCCS(=O)(=O)[O-])c2ccc3ccccc3c21.CCN(CC)c1ccc(C(=C2C=CC(=[N+](CC)CC)C=C2)c2ccccc2)cc1.O=C1/C(=C2\Nc3cc(S(=O)(=O)[O-])ccc3C2=O)Cc2c[c-]ccc21.O=S(=O)=O.O=S([O-])O[O-].[Na+].[Na+].[Na+]. The van der Waals surface area contributed by atoms with Crippen molar-refractivity contribution in [2.75, 3.05) is 65.9 Å². The van der Waals surface area contributed by atoms with Crippen molar-refractivity contribution < 1.29 is 177 Å². The van der Waals surface area contributed by atoms with Crippen molar-refractivity contribution in [2.45, 2.75) is 103 Å². The van der Waals surface area contributed by atoms with Crippen LogP contribution in [0.2, 0.25) is 0 Å². The second-order valence-corrected chi connectivity index (χ2v) is 33.5. The van der Waals surface area contributed by atoms with Gasteiger partial charge in [-0.15, -0.1) is 18.2 Å². The molecular formula is C87H89N5Na3O18S5-. The van der Waals surface area contributed by atoms with E-state index in [0.717, 1.165) is 77.4 Å². The summed E-state index contributed by atoms with van der Waals surface area (Å²) < 4.78 is 151. The Morgan fingerprint density at radius 3 is 1.75 bits per heavy atom. The normalized spacial score (nSPS) is 15.9. The molecule has 8 aromatic rings. The second-order valence-electron chi connectivity index (χ2n) is 28.1. The first-order valence-corrected chi connectivity index (χ1v) is 43.8. The monoisotopic (exact) mass is 1720 g/mol. The summed E-state index contributed by atoms with van der Waals surface area (Å²) >= 11 is -2.88. The zero-order chi connectivity index (χ0) is 83.6. The van der Waals surface area contributed by atoms with Gasteiger partial charge >= 0.3 is 99.3 Å². The number of anilines is 3. The Hall–Kier alpha value is -7.34. The van der Waals surface area contributed by atoms with E-state index in [2.05, 4.69) is 242 Å². The number of carbonyl (C=O) groups excluding carboxylic acids is 2. The van der Waals surface area contributed by atoms with E-state index in [1.807, 2.05) is 42.5 Å². The summed E-state index contributed by atoms with van der Waals surface area (Å²) in [6.07, 6.45) is 25.3. The fourth-order valence-electron chi connectivity index (χ4n) is 15.1. The van der Waals surface area contributed by atoms with Gasteiger partial charge in [-0.25, -0.2) is 34.0 Å². The average molecular weight is 1720 g/mol. The number of Topliss-reactive ketones (excluding diaryl/α,β-unsaturated/α-hetero) is 2. The topological polar surface area (TPSA) is 354 Å². The summed E-state index contributed by atoms with van der Waals surface area (Å²) in [7, 11) is -16.3. The number of fused-ring (bicyclic) bond motifs is 8. The van der Waals surface area contributed by atoms with Crippen molar-refractivity contribution in [1.82, 2.24) is 0 Å². The van der Waals surface area contributed by atoms with Gasteiger partial charge in [-0.2, -0.15) is 28.8 Å². The van der Waals surface area contributed by atoms with Crippen molar-refractivity contribution >= 4 is 125 Å². The first-order valence-electron chi connectivity index (χ1n) is 37.2. The fourth-order valence-corrected chi connectivity index (χ4v) is 16.7. The molecule has 2 aliphatic carbocycles. The van der Waals surface area contributed by atoms with Crippen LogP contribution in [0.25, 0.3) is 27.1 Å². The molecule has 0 bridgehead atoms. The Bertz CT molecular complexity index is 5830. The Kier molecular flexibility index (Phi) is 37.9. The van der Waals surface area contributed by atoms with Gasteiger partial charge in [0.1, 0.15) is 29.8 Å². The third-order valence-corrected chi connectivity index (χ3v) is 22.9. The van der Waals surface area contributed by atoms with Gasteiger partial charge in [-0.05, 0) is 177 Å². The molecule has 0 spiro atoms. The van der Waals surface area contributed by atoms with Crippen LogP contribution in [0, 0.1) is 6.07 Å². The van der Waals surface area contributed by atoms with Crippen molar-refractivity contribution in [1.29, 1.82) is 0 Å². The largest absolute Gasteiger partial charge is 1.00 e. The quantitative estimate of drug-likeness (QED) is 0.00900. The van der Waals surface area contributed by atoms with Crippen molar-refractivity contribution in [3.8, 4) is 0 Å². The molecule has 0 saturated carbocycles. The van der Waals surface area contributed by atoms with E-state index in [1.54, 1.807) is 18.2 Å². The minimum Gasteiger partial charge on any atom is -0.750 e. The molecule has 0 fully saturated rings. The van der Waals surface area contributed by atoms with E-state index in [9.17, 15) is 48.5 Å². The van der Waals surface area contributed by atoms with Crippen molar-refractivity contribution in [3.05, 3.63) is 298 Å². The van der Waals surface area contributed by atoms with E-state index in [4.69, 9.17) is 26.6 Å². The van der Waals surface area contributed by atoms with Crippen LogP contribution < -0.4 is 109 Å². The molecule has 604 valence electrons. The van der Waals surface area contributed by atoms with Crippen LogP contribution in [0.1, 0.15) is 130 Å². The van der Waals surface area contributed by atoms with Gasteiger partial charge in [0.15, 0.2) is 17.2 Å². The first-order chi connectivity index (χ1) is 54.7. The molecule has 8 aromatic carbocycles. The average Bonchev–Trinajstić information content (AvgIpc) is 1.57. The fraction of sp³-hybridized carbons (Fsp3) is 0.264. The molecule has 0 amide bonds. The van der Waals surface area contributed by atoms with Crippen LogP contribution >= 0.6 is 0 Å². The molecule has 0 saturated heterocycles. The zero-order valence-electron chi connectivity index (χ0n) is 67.8. The third-order valence-electron chi connectivity index (χ3n) is 20.3. The van der Waals surface area contributed by atoms with E-state index in [1.165, 1.54) is 61.6 Å². The summed E-state index contributed by atoms with van der Waals surface area (Å²) in [6, 6.07) is 56.3. The van der Waals surface area contributed by atoms with Crippen LogP contribution in [0.3, 0.4) is 0 Å². The number of allylic oxidation sites excluding steroid dienone is 15. The molecule has 118 heavy (non-hydrogen) atoms. The number of unbranched alkanes of at least 4 members (excludes halogenated alkanes) is 2. The molecule has 3 aliphatic heterocycles. The first kappa shape index (κ1) is 99.5. The maximum atomic E-state index is 12.5. The third kappa shape index (κ3) is 25.4. The molecule has 13 rings (SSSR count). The Labute approximate surface area is 761 Å². The number of rotatable bonds is 23. The van der Waals surface area contributed by atoms with Crippen LogP contribution in [0.4, 0.5) is 22.7 Å². The number of carbonyl (C=O) groups is 2. The van der Waals surface area contributed by atoms with Gasteiger partial charge in [-0.1, -0.05) is 147 Å². The van der Waals surface area contributed by atoms with Crippen LogP contribution in [0.5, 0.6) is 0 Å². The predicted molar refractivity (Wildman–Crippen MR) is 444 cm³/mol. The summed E-state index contributed by atoms with van der Waals surface area (Å²) in [5.74, 6) is -1.36. The van der Waals surface area contributed by atoms with E-state index in [-0.39, 0.29) is 140 Å². The molecule has 0 radical (unpaired) electrons. The molecule has 23 nitrogen and oxygen atoms in total. The summed E-state index contributed by atoms with van der Waals surface area (Å²) in [4.78, 5) is 29.2. The van der Waals surface area contributed by atoms with Crippen molar-refractivity contribution in [3.63, 3.8) is 0 Å². The number of nitrogens with one attached hydrogen (secondary N) is 1. The number of hydrogen-bond acceptors (Lipinski definition) is 21. The maximum absolute atomic E-state index is 12.5. The smallest absolute Gasteiger partial charge is 0.750 e. The van der Waals surface area contributed by atoms with Gasteiger partial charge in [-0.3, -0.25) is 9.59 Å². The second kappa shape index (κ2) is 45.0. The van der Waals surface area contributed by atoms with Gasteiger partial charge in [0.2, 0.25) is 11.5 Å². The predicted octanol–water partition coefficient (Wildman–Crippen LogP) is 4.10. The Morgan fingerprint density at radius 2 is 1.19 bits per heavy atom. The maximum Gasteiger partial charge on any atom is 1.00 e. The van der Waals surface area contributed by atoms with Crippen molar-refractivity contribution in [2.24, 2.45) is 0 Å². The Morgan fingerprint density at radius 1 is 0.636 bits per heavy atom. The molecule has 5 aliphatic rings. The summed E-state index contributed by atoms with van der Waals surface area (Å²) in [5, 5.41) is 16.0. The van der Waals surface area contributed by atoms with Crippen LogP contribution in [-0.2, 0) is 73.9 Å². The molecule has 1 N–H and O–H groups in total. The number of benzene rings is 8. The van der Waals surface area contributed by atoms with Gasteiger partial charge in [0.05, 0.1) is 53.3 Å². The minimum absolute atomic E-state index is 0. The number of ketones is 2. The number of nitrogens with zero attached hydrogens (tertiary/aromatic N) is 4. The molecule has 3 heterocycles. The standard InChI is InChI=1S/C43H48N2O6S2.C27H33N2.C17H10NO5S.3Na.H2O4S.O3S/c1-42(2)38(44(28-14-16-30-52(46,47)48)36-26-24-32-18-10-12-20-34(32)40(36)42)22-8-6-5-7-9-23-39-43(3,4)41-35-21-13-11-19-33(35)25-27-37(41)45(39)29-15-17-31-53(49,50)51;1-5-28(6-2)25-18-14-23(15-19-25)27(22-12-10-9-11-13-22)24-16-20-26(21-17-24)29(7-3)8-4;19-16-11-4-2-1-3-9(11)7-13(16)15-17(20)12-6-5-10(24(21,22)23)8-14(12)18-15;;;;1-4-5(2)3;1-4(2)3/h5-13,18-27H,14-17,28-31H2,1-4H3,(H-,46,47,48,49,50,51);9-21H,5-8H2,1-4H3;2-6,8,18H,7H2,(H,21,22,23);;;;1H,(H,2,3);/q;+1;-1;3*+1;;/p-4/b;;15-13-;;;;;. The van der Waals surface area contributed by atoms with Crippen LogP contribution in [0.15, 0.2) is 258 Å². The molecular weight excluding hydrogens is 1630 g/mol. The molecule has 1 unspecified atom stereocenters. The summed E-state index contributed by atoms with van der Waals surface area (Å²) in [5.41, 5.74) is 16.1. The minimum atomic E-state index is -4.62. The zero-order valence-corrected chi connectivity index (χ0v) is 77.9. The molecule has 0 aromatic heterocycles. The van der Waals surface area contributed by atoms with E-state index < -0.39 is 57.2 Å². The van der Waals surface area contributed by atoms with Gasteiger partial charge in [0.25, 0.3) is 0 Å². The van der Waals surface area contributed by atoms with Crippen LogP contribution in [-0.4, -0.2) is 143 Å². The number of hydrogen-bond donors (Lipinski definition) is 1. The van der Waals surface area contributed by atoms with Gasteiger partial charge in [0, 0.05) is 101 Å². The molecule has 1 atom stereocenters. The Balaban J connectivity index is 0.000000279. The summed E-state index contributed by atoms with van der Waals surface area (Å²) in [6.45, 7) is 23.0. The van der Waals surface area contributed by atoms with E-state index >= 15 is 0 Å². The van der Waals surface area contributed by atoms with E-state index in [0.29, 0.717) is 56.3 Å².